The Bertz CT molecular complexity index is 666. The van der Waals surface area contributed by atoms with Gasteiger partial charge in [0.05, 0.1) is 13.7 Å². The van der Waals surface area contributed by atoms with E-state index in [9.17, 15) is 9.59 Å². The summed E-state index contributed by atoms with van der Waals surface area (Å²) in [5, 5.41) is 0. The summed E-state index contributed by atoms with van der Waals surface area (Å²) >= 11 is 0. The van der Waals surface area contributed by atoms with Crippen LogP contribution in [0.15, 0.2) is 49.6 Å². The first-order chi connectivity index (χ1) is 11.9. The van der Waals surface area contributed by atoms with Gasteiger partial charge in [-0.2, -0.15) is 0 Å². The molecule has 1 heterocycles. The van der Waals surface area contributed by atoms with Crippen molar-refractivity contribution in [3.63, 3.8) is 0 Å². The van der Waals surface area contributed by atoms with Crippen molar-refractivity contribution in [3.8, 4) is 5.75 Å². The second kappa shape index (κ2) is 7.55. The van der Waals surface area contributed by atoms with Crippen molar-refractivity contribution in [1.82, 2.24) is 9.80 Å². The number of amides is 3. The molecule has 1 saturated heterocycles. The van der Waals surface area contributed by atoms with E-state index in [1.807, 2.05) is 38.1 Å². The highest BCUT2D eigenvalue weighted by Crippen LogP contribution is 2.38. The van der Waals surface area contributed by atoms with E-state index < -0.39 is 5.54 Å². The molecule has 0 radical (unpaired) electrons. The van der Waals surface area contributed by atoms with Crippen LogP contribution in [0.5, 0.6) is 5.75 Å². The number of hydrogen-bond donors (Lipinski definition) is 0. The minimum atomic E-state index is -0.903. The normalized spacial score (nSPS) is 20.3. The molecule has 1 unspecified atom stereocenters. The van der Waals surface area contributed by atoms with Crippen LogP contribution in [0.1, 0.15) is 25.8 Å². The molecule has 25 heavy (non-hydrogen) atoms. The molecule has 2 rings (SSSR count). The fourth-order valence-corrected chi connectivity index (χ4v) is 3.39. The van der Waals surface area contributed by atoms with Crippen LogP contribution in [-0.4, -0.2) is 40.9 Å². The predicted octanol–water partition coefficient (Wildman–Crippen LogP) is 3.62. The molecule has 134 valence electrons. The molecular weight excluding hydrogens is 316 g/mol. The second-order valence-electron chi connectivity index (χ2n) is 6.49. The Balaban J connectivity index is 2.38. The van der Waals surface area contributed by atoms with Crippen LogP contribution in [-0.2, 0) is 11.3 Å². The highest BCUT2D eigenvalue weighted by Gasteiger charge is 2.57. The van der Waals surface area contributed by atoms with Gasteiger partial charge in [0.2, 0.25) is 0 Å². The van der Waals surface area contributed by atoms with Crippen molar-refractivity contribution in [2.75, 3.05) is 13.7 Å². The highest BCUT2D eigenvalue weighted by atomic mass is 16.5. The van der Waals surface area contributed by atoms with Crippen LogP contribution in [0, 0.1) is 5.92 Å². The third kappa shape index (κ3) is 3.18. The van der Waals surface area contributed by atoms with Crippen molar-refractivity contribution in [3.05, 3.63) is 55.1 Å². The summed E-state index contributed by atoms with van der Waals surface area (Å²) in [7, 11) is 1.60. The summed E-state index contributed by atoms with van der Waals surface area (Å²) < 4.78 is 5.15. The topological polar surface area (TPSA) is 49.9 Å². The van der Waals surface area contributed by atoms with E-state index in [2.05, 4.69) is 13.2 Å². The van der Waals surface area contributed by atoms with E-state index in [1.54, 1.807) is 24.2 Å². The molecule has 1 aromatic carbocycles. The zero-order chi connectivity index (χ0) is 18.6. The Morgan fingerprint density at radius 2 is 1.80 bits per heavy atom. The predicted molar refractivity (Wildman–Crippen MR) is 98.2 cm³/mol. The smallest absolute Gasteiger partial charge is 0.328 e. The van der Waals surface area contributed by atoms with E-state index in [-0.39, 0.29) is 24.4 Å². The molecular formula is C20H26N2O3. The molecule has 1 aliphatic rings. The Morgan fingerprint density at radius 1 is 1.16 bits per heavy atom. The number of benzene rings is 1. The van der Waals surface area contributed by atoms with E-state index >= 15 is 0 Å². The number of nitrogens with zero attached hydrogens (tertiary/aromatic N) is 2. The van der Waals surface area contributed by atoms with Crippen LogP contribution in [0.4, 0.5) is 4.79 Å². The molecule has 5 heteroatoms. The van der Waals surface area contributed by atoms with Gasteiger partial charge >= 0.3 is 6.03 Å². The Labute approximate surface area is 149 Å². The Morgan fingerprint density at radius 3 is 2.28 bits per heavy atom. The molecule has 0 saturated carbocycles. The summed E-state index contributed by atoms with van der Waals surface area (Å²) in [5.41, 5.74) is -0.0290. The van der Waals surface area contributed by atoms with Gasteiger partial charge in [-0.15, -0.1) is 13.2 Å². The first kappa shape index (κ1) is 18.8. The van der Waals surface area contributed by atoms with Crippen molar-refractivity contribution in [1.29, 1.82) is 0 Å². The first-order valence-corrected chi connectivity index (χ1v) is 8.40. The lowest BCUT2D eigenvalue weighted by Crippen LogP contribution is -2.53. The van der Waals surface area contributed by atoms with Gasteiger partial charge in [0.1, 0.15) is 11.3 Å². The van der Waals surface area contributed by atoms with Gasteiger partial charge in [0.15, 0.2) is 0 Å². The molecule has 0 spiro atoms. The van der Waals surface area contributed by atoms with Crippen LogP contribution < -0.4 is 4.74 Å². The summed E-state index contributed by atoms with van der Waals surface area (Å²) in [5.74, 6) is 0.520. The SMILES string of the molecule is C=CCN1C(=O)N(Cc2ccc(OC)cc2)C(=O)C1(CC=C)C(C)C. The quantitative estimate of drug-likeness (QED) is 0.535. The molecule has 0 N–H and O–H groups in total. The fraction of sp³-hybridized carbons (Fsp3) is 0.400. The lowest BCUT2D eigenvalue weighted by molar-refractivity contribution is -0.135. The monoisotopic (exact) mass is 342 g/mol. The van der Waals surface area contributed by atoms with E-state index in [0.29, 0.717) is 13.0 Å². The summed E-state index contributed by atoms with van der Waals surface area (Å²) in [6, 6.07) is 7.08. The highest BCUT2D eigenvalue weighted by molar-refractivity contribution is 6.07. The van der Waals surface area contributed by atoms with Crippen LogP contribution in [0.3, 0.4) is 0 Å². The van der Waals surface area contributed by atoms with Crippen molar-refractivity contribution < 1.29 is 14.3 Å². The number of carbonyl (C=O) groups excluding carboxylic acids is 2. The number of urea groups is 1. The van der Waals surface area contributed by atoms with Crippen LogP contribution in [0.2, 0.25) is 0 Å². The van der Waals surface area contributed by atoms with Crippen molar-refractivity contribution in [2.45, 2.75) is 32.4 Å². The molecule has 1 aromatic rings. The summed E-state index contributed by atoms with van der Waals surface area (Å²) in [6.07, 6.45) is 3.78. The van der Waals surface area contributed by atoms with Crippen molar-refractivity contribution >= 4 is 11.9 Å². The average Bonchev–Trinajstić information content (AvgIpc) is 2.79. The Kier molecular flexibility index (Phi) is 5.67. The van der Waals surface area contributed by atoms with Gasteiger partial charge in [0, 0.05) is 6.54 Å². The van der Waals surface area contributed by atoms with Gasteiger partial charge in [-0.3, -0.25) is 9.69 Å². The maximum absolute atomic E-state index is 13.2. The molecule has 0 aromatic heterocycles. The maximum Gasteiger partial charge on any atom is 0.328 e. The van der Waals surface area contributed by atoms with Gasteiger partial charge in [-0.05, 0) is 30.0 Å². The zero-order valence-corrected chi connectivity index (χ0v) is 15.2. The maximum atomic E-state index is 13.2. The average molecular weight is 342 g/mol. The largest absolute Gasteiger partial charge is 0.497 e. The lowest BCUT2D eigenvalue weighted by Gasteiger charge is -2.37. The summed E-state index contributed by atoms with van der Waals surface area (Å²) in [4.78, 5) is 29.1. The molecule has 1 atom stereocenters. The van der Waals surface area contributed by atoms with E-state index in [1.165, 1.54) is 4.90 Å². The number of hydrogen-bond acceptors (Lipinski definition) is 3. The third-order valence-electron chi connectivity index (χ3n) is 4.78. The number of carbonyl (C=O) groups is 2. The van der Waals surface area contributed by atoms with Gasteiger partial charge in [-0.25, -0.2) is 4.79 Å². The van der Waals surface area contributed by atoms with Crippen LogP contribution >= 0.6 is 0 Å². The number of ether oxygens (including phenoxy) is 1. The minimum absolute atomic E-state index is 0.0391. The number of methoxy groups -OCH3 is 1. The standard InChI is InChI=1S/C20H26N2O3/c1-6-12-20(15(3)4)18(23)21(19(24)22(20)13-7-2)14-16-8-10-17(25-5)11-9-16/h6-11,15H,1-2,12-14H2,3-5H3. The molecule has 5 nitrogen and oxygen atoms in total. The van der Waals surface area contributed by atoms with Crippen molar-refractivity contribution in [2.24, 2.45) is 5.92 Å². The van der Waals surface area contributed by atoms with E-state index in [0.717, 1.165) is 11.3 Å². The van der Waals surface area contributed by atoms with Gasteiger partial charge < -0.3 is 9.64 Å². The molecule has 0 aliphatic carbocycles. The molecule has 0 bridgehead atoms. The fourth-order valence-electron chi connectivity index (χ4n) is 3.39. The number of imide groups is 1. The second-order valence-corrected chi connectivity index (χ2v) is 6.49. The van der Waals surface area contributed by atoms with Crippen LogP contribution in [0.25, 0.3) is 0 Å². The van der Waals surface area contributed by atoms with Gasteiger partial charge in [0.25, 0.3) is 5.91 Å². The summed E-state index contributed by atoms with van der Waals surface area (Å²) in [6.45, 7) is 12.0. The Hall–Kier alpha value is -2.56. The third-order valence-corrected chi connectivity index (χ3v) is 4.78. The first-order valence-electron chi connectivity index (χ1n) is 8.40. The number of rotatable bonds is 8. The molecule has 1 aliphatic heterocycles. The van der Waals surface area contributed by atoms with Gasteiger partial charge in [-0.1, -0.05) is 38.1 Å². The van der Waals surface area contributed by atoms with E-state index in [4.69, 9.17) is 4.74 Å². The lowest BCUT2D eigenvalue weighted by atomic mass is 9.81. The molecule has 3 amide bonds. The molecule has 1 fully saturated rings. The zero-order valence-electron chi connectivity index (χ0n) is 15.2. The minimum Gasteiger partial charge on any atom is -0.497 e.